The van der Waals surface area contributed by atoms with Crippen molar-refractivity contribution in [3.05, 3.63) is 89.5 Å². The van der Waals surface area contributed by atoms with Crippen molar-refractivity contribution in [3.8, 4) is 11.5 Å². The number of carbonyl (C=O) groups is 1. The normalized spacial score (nSPS) is 17.3. The molecule has 0 aromatic heterocycles. The Balaban J connectivity index is 1.58. The number of benzene rings is 3. The molecule has 2 unspecified atom stereocenters. The van der Waals surface area contributed by atoms with Gasteiger partial charge >= 0.3 is 5.97 Å². The van der Waals surface area contributed by atoms with Gasteiger partial charge in [-0.2, -0.15) is 0 Å². The Morgan fingerprint density at radius 3 is 2.35 bits per heavy atom. The minimum absolute atomic E-state index is 0.0672. The van der Waals surface area contributed by atoms with Crippen LogP contribution >= 0.6 is 0 Å². The molecule has 5 nitrogen and oxygen atoms in total. The van der Waals surface area contributed by atoms with E-state index in [0.29, 0.717) is 13.2 Å². The first-order valence-corrected chi connectivity index (χ1v) is 10.5. The molecule has 0 aliphatic carbocycles. The second kappa shape index (κ2) is 9.13. The van der Waals surface area contributed by atoms with Gasteiger partial charge in [-0.25, -0.2) is 0 Å². The lowest BCUT2D eigenvalue weighted by Crippen LogP contribution is -2.31. The second-order valence-electron chi connectivity index (χ2n) is 7.92. The highest BCUT2D eigenvalue weighted by atomic mass is 16.5. The lowest BCUT2D eigenvalue weighted by molar-refractivity contribution is -0.137. The number of rotatable bonds is 8. The highest BCUT2D eigenvalue weighted by Gasteiger charge is 2.37. The molecule has 3 aromatic carbocycles. The molecule has 1 heterocycles. The van der Waals surface area contributed by atoms with Gasteiger partial charge in [0, 0.05) is 24.2 Å². The van der Waals surface area contributed by atoms with Gasteiger partial charge in [0.1, 0.15) is 18.1 Å². The number of hydrogen-bond acceptors (Lipinski definition) is 4. The second-order valence-corrected chi connectivity index (χ2v) is 7.92. The van der Waals surface area contributed by atoms with Gasteiger partial charge in [0.25, 0.3) is 0 Å². The van der Waals surface area contributed by atoms with Crippen LogP contribution in [0.5, 0.6) is 11.5 Å². The third-order valence-electron chi connectivity index (χ3n) is 5.94. The predicted octanol–water partition coefficient (Wildman–Crippen LogP) is 5.24. The van der Waals surface area contributed by atoms with E-state index in [2.05, 4.69) is 17.9 Å². The molecule has 1 aliphatic rings. The van der Waals surface area contributed by atoms with E-state index >= 15 is 0 Å². The lowest BCUT2D eigenvalue weighted by Gasteiger charge is -2.27. The Morgan fingerprint density at radius 2 is 1.68 bits per heavy atom. The zero-order valence-electron chi connectivity index (χ0n) is 17.8. The molecule has 0 radical (unpaired) electrons. The van der Waals surface area contributed by atoms with Crippen molar-refractivity contribution in [1.82, 2.24) is 0 Å². The van der Waals surface area contributed by atoms with Crippen LogP contribution in [0.2, 0.25) is 0 Å². The first-order valence-electron chi connectivity index (χ1n) is 10.5. The zero-order valence-corrected chi connectivity index (χ0v) is 17.8. The van der Waals surface area contributed by atoms with Crippen LogP contribution in [0.25, 0.3) is 0 Å². The fourth-order valence-electron chi connectivity index (χ4n) is 4.24. The van der Waals surface area contributed by atoms with Gasteiger partial charge in [-0.15, -0.1) is 0 Å². The van der Waals surface area contributed by atoms with Crippen molar-refractivity contribution in [2.75, 3.05) is 12.0 Å². The van der Waals surface area contributed by atoms with E-state index in [1.165, 1.54) is 0 Å². The van der Waals surface area contributed by atoms with E-state index in [9.17, 15) is 9.90 Å². The number of nitrogens with zero attached hydrogens (tertiary/aromatic N) is 1. The van der Waals surface area contributed by atoms with Gasteiger partial charge in [0.2, 0.25) is 0 Å². The number of methoxy groups -OCH3 is 1. The van der Waals surface area contributed by atoms with Crippen LogP contribution in [-0.2, 0) is 17.9 Å². The molecular weight excluding hydrogens is 390 g/mol. The topological polar surface area (TPSA) is 59.0 Å². The van der Waals surface area contributed by atoms with Gasteiger partial charge in [-0.1, -0.05) is 42.5 Å². The average Bonchev–Trinajstić information content (AvgIpc) is 3.04. The molecule has 0 amide bonds. The first-order chi connectivity index (χ1) is 15.0. The lowest BCUT2D eigenvalue weighted by atomic mass is 9.92. The van der Waals surface area contributed by atoms with Crippen LogP contribution in [0.15, 0.2) is 72.8 Å². The van der Waals surface area contributed by atoms with Crippen molar-refractivity contribution in [3.63, 3.8) is 0 Å². The molecule has 5 heteroatoms. The van der Waals surface area contributed by atoms with Crippen molar-refractivity contribution >= 4 is 11.7 Å². The molecule has 4 rings (SSSR count). The first kappa shape index (κ1) is 20.8. The molecule has 31 heavy (non-hydrogen) atoms. The van der Waals surface area contributed by atoms with Crippen LogP contribution in [0.3, 0.4) is 0 Å². The average molecular weight is 418 g/mol. The molecule has 0 saturated carbocycles. The molecule has 2 atom stereocenters. The Morgan fingerprint density at radius 1 is 0.968 bits per heavy atom. The Hall–Kier alpha value is -3.47. The molecule has 0 saturated heterocycles. The third-order valence-corrected chi connectivity index (χ3v) is 5.94. The summed E-state index contributed by atoms with van der Waals surface area (Å²) in [5, 5.41) is 9.51. The van der Waals surface area contributed by atoms with Crippen molar-refractivity contribution in [2.24, 2.45) is 0 Å². The highest BCUT2D eigenvalue weighted by Crippen LogP contribution is 2.45. The van der Waals surface area contributed by atoms with Crippen molar-refractivity contribution in [1.29, 1.82) is 0 Å². The minimum Gasteiger partial charge on any atom is -0.497 e. The van der Waals surface area contributed by atoms with Gasteiger partial charge in [-0.3, -0.25) is 4.79 Å². The van der Waals surface area contributed by atoms with Crippen molar-refractivity contribution in [2.45, 2.75) is 38.5 Å². The summed E-state index contributed by atoms with van der Waals surface area (Å²) in [4.78, 5) is 13.9. The summed E-state index contributed by atoms with van der Waals surface area (Å²) in [6.45, 7) is 3.29. The van der Waals surface area contributed by atoms with E-state index in [4.69, 9.17) is 9.47 Å². The maximum absolute atomic E-state index is 11.6. The summed E-state index contributed by atoms with van der Waals surface area (Å²) in [5.74, 6) is 0.704. The number of hydrogen-bond donors (Lipinski definition) is 1. The fraction of sp³-hybridized carbons (Fsp3) is 0.269. The highest BCUT2D eigenvalue weighted by molar-refractivity contribution is 5.72. The largest absolute Gasteiger partial charge is 0.497 e. The van der Waals surface area contributed by atoms with Gasteiger partial charge < -0.3 is 19.5 Å². The molecular formula is C26H27NO4. The Labute approximate surface area is 182 Å². The zero-order chi connectivity index (χ0) is 21.8. The van der Waals surface area contributed by atoms with E-state index in [0.717, 1.165) is 33.9 Å². The number of carboxylic acid groups (broad SMARTS) is 1. The summed E-state index contributed by atoms with van der Waals surface area (Å²) in [5.41, 5.74) is 4.36. The monoisotopic (exact) mass is 417 g/mol. The van der Waals surface area contributed by atoms with E-state index < -0.39 is 5.97 Å². The number of anilines is 1. The summed E-state index contributed by atoms with van der Waals surface area (Å²) in [7, 11) is 1.65. The fourth-order valence-corrected chi connectivity index (χ4v) is 4.24. The van der Waals surface area contributed by atoms with Crippen LogP contribution in [0.1, 0.15) is 36.0 Å². The van der Waals surface area contributed by atoms with Crippen LogP contribution in [0.4, 0.5) is 5.69 Å². The van der Waals surface area contributed by atoms with Crippen molar-refractivity contribution < 1.29 is 19.4 Å². The summed E-state index contributed by atoms with van der Waals surface area (Å²) >= 11 is 0. The SMILES string of the molecule is COc1ccc(CN2c3ccc(OCc4ccccc4)cc3C(CC(=O)O)C2C)cc1. The molecule has 160 valence electrons. The quantitative estimate of drug-likeness (QED) is 0.543. The maximum Gasteiger partial charge on any atom is 0.304 e. The number of ether oxygens (including phenoxy) is 2. The van der Waals surface area contributed by atoms with Crippen LogP contribution < -0.4 is 14.4 Å². The molecule has 0 spiro atoms. The summed E-state index contributed by atoms with van der Waals surface area (Å²) < 4.78 is 11.3. The smallest absolute Gasteiger partial charge is 0.304 e. The molecule has 0 fully saturated rings. The summed E-state index contributed by atoms with van der Waals surface area (Å²) in [6.07, 6.45) is 0.0927. The van der Waals surface area contributed by atoms with Gasteiger partial charge in [0.15, 0.2) is 0 Å². The Bertz CT molecular complexity index is 1030. The third kappa shape index (κ3) is 4.66. The minimum atomic E-state index is -0.787. The molecule has 1 N–H and O–H groups in total. The molecule has 1 aliphatic heterocycles. The Kier molecular flexibility index (Phi) is 6.12. The maximum atomic E-state index is 11.6. The number of aliphatic carboxylic acids is 1. The van der Waals surface area contributed by atoms with E-state index in [-0.39, 0.29) is 18.4 Å². The molecule has 0 bridgehead atoms. The van der Waals surface area contributed by atoms with Crippen LogP contribution in [0, 0.1) is 0 Å². The van der Waals surface area contributed by atoms with E-state index in [1.54, 1.807) is 7.11 Å². The van der Waals surface area contributed by atoms with Crippen LogP contribution in [-0.4, -0.2) is 24.2 Å². The predicted molar refractivity (Wildman–Crippen MR) is 121 cm³/mol. The molecule has 3 aromatic rings. The van der Waals surface area contributed by atoms with E-state index in [1.807, 2.05) is 66.7 Å². The number of carboxylic acids is 1. The number of fused-ring (bicyclic) bond motifs is 1. The summed E-state index contributed by atoms with van der Waals surface area (Å²) in [6, 6.07) is 24.1. The standard InChI is InChI=1S/C26H27NO4/c1-18-23(15-26(28)29)24-14-22(31-17-20-6-4-3-5-7-20)12-13-25(24)27(18)16-19-8-10-21(30-2)11-9-19/h3-14,18,23H,15-17H2,1-2H3,(H,28,29). The van der Waals surface area contributed by atoms with Gasteiger partial charge in [-0.05, 0) is 53.9 Å². The van der Waals surface area contributed by atoms with Gasteiger partial charge in [0.05, 0.1) is 13.5 Å².